The summed E-state index contributed by atoms with van der Waals surface area (Å²) in [5.41, 5.74) is 1.68. The zero-order valence-corrected chi connectivity index (χ0v) is 23.9. The quantitative estimate of drug-likeness (QED) is 0.131. The summed E-state index contributed by atoms with van der Waals surface area (Å²) in [6.07, 6.45) is 0. The van der Waals surface area contributed by atoms with Crippen LogP contribution in [-0.2, 0) is 29.4 Å². The van der Waals surface area contributed by atoms with Crippen molar-refractivity contribution < 1.29 is 42.9 Å². The van der Waals surface area contributed by atoms with Crippen LogP contribution in [0.15, 0.2) is 66.7 Å². The first-order valence-electron chi connectivity index (χ1n) is 13.5. The molecule has 1 unspecified atom stereocenters. The molecule has 43 heavy (non-hydrogen) atoms. The fourth-order valence-electron chi connectivity index (χ4n) is 5.51. The minimum absolute atomic E-state index is 0.0734. The highest BCUT2D eigenvalue weighted by Crippen LogP contribution is 2.58. The van der Waals surface area contributed by atoms with Gasteiger partial charge in [-0.1, -0.05) is 12.1 Å². The van der Waals surface area contributed by atoms with Gasteiger partial charge in [-0.05, 0) is 53.9 Å². The number of rotatable bonds is 6. The van der Waals surface area contributed by atoms with Gasteiger partial charge in [-0.2, -0.15) is 0 Å². The van der Waals surface area contributed by atoms with Crippen molar-refractivity contribution in [1.29, 1.82) is 0 Å². The van der Waals surface area contributed by atoms with Crippen LogP contribution in [0.4, 0.5) is 5.69 Å². The van der Waals surface area contributed by atoms with Crippen molar-refractivity contribution in [3.8, 4) is 17.2 Å². The molecule has 6 rings (SSSR count). The molecule has 10 heteroatoms. The smallest absolute Gasteiger partial charge is 0.340 e. The molecule has 2 aliphatic rings. The van der Waals surface area contributed by atoms with Gasteiger partial charge >= 0.3 is 23.9 Å². The zero-order valence-electron chi connectivity index (χ0n) is 23.9. The third-order valence-corrected chi connectivity index (χ3v) is 7.38. The Hall–Kier alpha value is -5.38. The Kier molecular flexibility index (Phi) is 6.76. The molecule has 0 fully saturated rings. The maximum Gasteiger partial charge on any atom is 0.340 e. The molecule has 4 aromatic rings. The third kappa shape index (κ3) is 4.70. The molecule has 0 bridgehead atoms. The van der Waals surface area contributed by atoms with E-state index in [9.17, 15) is 19.2 Å². The van der Waals surface area contributed by atoms with E-state index in [1.54, 1.807) is 30.3 Å². The minimum Gasteiger partial charge on any atom is -0.462 e. The van der Waals surface area contributed by atoms with Crippen molar-refractivity contribution in [1.82, 2.24) is 0 Å². The van der Waals surface area contributed by atoms with Crippen LogP contribution in [0.2, 0.25) is 0 Å². The van der Waals surface area contributed by atoms with Gasteiger partial charge in [0.15, 0.2) is 5.60 Å². The molecular formula is C33H27NO9. The van der Waals surface area contributed by atoms with Gasteiger partial charge in [-0.15, -0.1) is 0 Å². The lowest BCUT2D eigenvalue weighted by atomic mass is 9.76. The number of carbonyl (C=O) groups is 4. The van der Waals surface area contributed by atoms with E-state index in [-0.39, 0.29) is 24.3 Å². The number of fused-ring (bicyclic) bond motifs is 8. The van der Waals surface area contributed by atoms with E-state index in [0.717, 1.165) is 16.5 Å². The van der Waals surface area contributed by atoms with E-state index >= 15 is 0 Å². The molecule has 4 aromatic carbocycles. The second-order valence-corrected chi connectivity index (χ2v) is 10.4. The van der Waals surface area contributed by atoms with E-state index in [1.807, 2.05) is 49.3 Å². The van der Waals surface area contributed by atoms with E-state index < -0.39 is 29.5 Å². The highest BCUT2D eigenvalue weighted by atomic mass is 16.6. The lowest BCUT2D eigenvalue weighted by Crippen LogP contribution is -2.33. The Bertz CT molecular complexity index is 1840. The number of carbonyl (C=O) groups excluding carboxylic acids is 4. The van der Waals surface area contributed by atoms with Crippen LogP contribution in [0.3, 0.4) is 0 Å². The van der Waals surface area contributed by atoms with Crippen LogP contribution < -0.4 is 14.4 Å². The third-order valence-electron chi connectivity index (χ3n) is 7.38. The molecule has 2 aliphatic heterocycles. The maximum atomic E-state index is 13.5. The largest absolute Gasteiger partial charge is 0.462 e. The molecule has 218 valence electrons. The Morgan fingerprint density at radius 3 is 2.30 bits per heavy atom. The highest BCUT2D eigenvalue weighted by Gasteiger charge is 2.54. The summed E-state index contributed by atoms with van der Waals surface area (Å²) in [5.74, 6) is -0.791. The molecule has 0 saturated carbocycles. The summed E-state index contributed by atoms with van der Waals surface area (Å²) in [6.45, 7) is 2.41. The monoisotopic (exact) mass is 581 g/mol. The van der Waals surface area contributed by atoms with Crippen molar-refractivity contribution in [2.45, 2.75) is 19.4 Å². The average molecular weight is 582 g/mol. The van der Waals surface area contributed by atoms with Gasteiger partial charge in [-0.3, -0.25) is 9.59 Å². The van der Waals surface area contributed by atoms with Gasteiger partial charge in [0, 0.05) is 61.8 Å². The summed E-state index contributed by atoms with van der Waals surface area (Å²) < 4.78 is 28.1. The standard InChI is InChI=1S/C33H27NO9/c1-18(35)39-13-14-40-31(37)21-6-10-26-25(16-21)32(38)43-33(26)27-12-7-22(34(3)4)17-29(27)42-30-24-9-8-23(41-19(2)36)15-20(24)5-11-28(30)33/h5-12,15-17H,13-14H2,1-4H3. The molecular weight excluding hydrogens is 554 g/mol. The van der Waals surface area contributed by atoms with Crippen molar-refractivity contribution in [2.75, 3.05) is 32.2 Å². The number of anilines is 1. The van der Waals surface area contributed by atoms with Crippen LogP contribution in [0.25, 0.3) is 10.8 Å². The van der Waals surface area contributed by atoms with Gasteiger partial charge in [0.25, 0.3) is 0 Å². The lowest BCUT2D eigenvalue weighted by molar-refractivity contribution is -0.142. The van der Waals surface area contributed by atoms with Gasteiger partial charge in [0.05, 0.1) is 11.1 Å². The summed E-state index contributed by atoms with van der Waals surface area (Å²) in [5, 5.41) is 1.49. The van der Waals surface area contributed by atoms with E-state index in [4.69, 9.17) is 23.7 Å². The Morgan fingerprint density at radius 1 is 0.814 bits per heavy atom. The predicted octanol–water partition coefficient (Wildman–Crippen LogP) is 5.12. The zero-order chi connectivity index (χ0) is 30.5. The number of benzene rings is 4. The molecule has 10 nitrogen and oxygen atoms in total. The van der Waals surface area contributed by atoms with Crippen LogP contribution in [-0.4, -0.2) is 51.2 Å². The van der Waals surface area contributed by atoms with E-state index in [2.05, 4.69) is 0 Å². The Labute approximate surface area is 246 Å². The Morgan fingerprint density at radius 2 is 1.56 bits per heavy atom. The molecule has 0 radical (unpaired) electrons. The molecule has 1 atom stereocenters. The number of hydrogen-bond donors (Lipinski definition) is 0. The molecule has 0 N–H and O–H groups in total. The first-order chi connectivity index (χ1) is 20.6. The van der Waals surface area contributed by atoms with Crippen LogP contribution in [0.5, 0.6) is 17.2 Å². The minimum atomic E-state index is -1.36. The first-order valence-corrected chi connectivity index (χ1v) is 13.5. The van der Waals surface area contributed by atoms with Gasteiger partial charge in [0.2, 0.25) is 0 Å². The van der Waals surface area contributed by atoms with E-state index in [0.29, 0.717) is 33.9 Å². The number of hydrogen-bond acceptors (Lipinski definition) is 10. The molecule has 1 spiro atoms. The van der Waals surface area contributed by atoms with Crippen molar-refractivity contribution >= 4 is 40.3 Å². The van der Waals surface area contributed by atoms with Gasteiger partial charge < -0.3 is 28.6 Å². The van der Waals surface area contributed by atoms with Gasteiger partial charge in [0.1, 0.15) is 30.5 Å². The summed E-state index contributed by atoms with van der Waals surface area (Å²) in [7, 11) is 3.83. The van der Waals surface area contributed by atoms with Crippen LogP contribution >= 0.6 is 0 Å². The van der Waals surface area contributed by atoms with Crippen LogP contribution in [0.1, 0.15) is 51.3 Å². The second-order valence-electron chi connectivity index (χ2n) is 10.4. The summed E-state index contributed by atoms with van der Waals surface area (Å²) in [6, 6.07) is 19.3. The summed E-state index contributed by atoms with van der Waals surface area (Å²) in [4.78, 5) is 50.7. The van der Waals surface area contributed by atoms with Crippen molar-refractivity contribution in [3.05, 3.63) is 94.5 Å². The molecule has 0 aromatic heterocycles. The SMILES string of the molecule is CC(=O)OCCOC(=O)c1ccc2c(c1)C(=O)OC21c2ccc(N(C)C)cc2Oc2c1ccc1cc(OC(C)=O)ccc21. The van der Waals surface area contributed by atoms with Crippen LogP contribution in [0, 0.1) is 0 Å². The summed E-state index contributed by atoms with van der Waals surface area (Å²) >= 11 is 0. The highest BCUT2D eigenvalue weighted by molar-refractivity contribution is 6.01. The lowest BCUT2D eigenvalue weighted by Gasteiger charge is -2.37. The number of ether oxygens (including phenoxy) is 5. The van der Waals surface area contributed by atoms with Crippen molar-refractivity contribution in [2.24, 2.45) is 0 Å². The molecule has 0 saturated heterocycles. The fraction of sp³-hybridized carbons (Fsp3) is 0.212. The molecule has 0 amide bonds. The first kappa shape index (κ1) is 27.8. The Balaban J connectivity index is 1.49. The average Bonchev–Trinajstić information content (AvgIpc) is 3.26. The maximum absolute atomic E-state index is 13.5. The number of nitrogens with zero attached hydrogens (tertiary/aromatic N) is 1. The normalized spacial score (nSPS) is 16.0. The fourth-order valence-corrected chi connectivity index (χ4v) is 5.51. The molecule has 0 aliphatic carbocycles. The molecule has 2 heterocycles. The predicted molar refractivity (Wildman–Crippen MR) is 155 cm³/mol. The second kappa shape index (κ2) is 10.5. The number of esters is 4. The van der Waals surface area contributed by atoms with E-state index in [1.165, 1.54) is 19.9 Å². The van der Waals surface area contributed by atoms with Crippen molar-refractivity contribution in [3.63, 3.8) is 0 Å². The van der Waals surface area contributed by atoms with Gasteiger partial charge in [-0.25, -0.2) is 9.59 Å². The topological polar surface area (TPSA) is 118 Å².